The monoisotopic (exact) mass is 236 g/mol. The average Bonchev–Trinajstić information content (AvgIpc) is 1.99. The van der Waals surface area contributed by atoms with Gasteiger partial charge in [0.15, 0.2) is 9.84 Å². The Balaban J connectivity index is 4.62. The summed E-state index contributed by atoms with van der Waals surface area (Å²) in [7, 11) is -3.23. The number of aliphatic carboxylic acids is 1. The standard InChI is InChI=1S/C10H20O4S/c1-9(2,3)15(13,14)7-6-10(4,5)8(11)12/h6-7H2,1-5H3,(H,11,12). The van der Waals surface area contributed by atoms with Gasteiger partial charge in [0.05, 0.1) is 15.9 Å². The lowest BCUT2D eigenvalue weighted by molar-refractivity contribution is -0.146. The van der Waals surface area contributed by atoms with Gasteiger partial charge in [-0.25, -0.2) is 8.42 Å². The maximum atomic E-state index is 11.7. The molecule has 0 aromatic heterocycles. The van der Waals surface area contributed by atoms with E-state index >= 15 is 0 Å². The molecular formula is C10H20O4S. The van der Waals surface area contributed by atoms with Crippen molar-refractivity contribution in [2.45, 2.75) is 45.8 Å². The van der Waals surface area contributed by atoms with Gasteiger partial charge in [-0.15, -0.1) is 0 Å². The van der Waals surface area contributed by atoms with Crippen LogP contribution in [0.25, 0.3) is 0 Å². The van der Waals surface area contributed by atoms with Gasteiger partial charge in [-0.2, -0.15) is 0 Å². The van der Waals surface area contributed by atoms with Crippen molar-refractivity contribution in [2.75, 3.05) is 5.75 Å². The van der Waals surface area contributed by atoms with Gasteiger partial charge >= 0.3 is 5.97 Å². The highest BCUT2D eigenvalue weighted by atomic mass is 32.2. The first kappa shape index (κ1) is 14.4. The topological polar surface area (TPSA) is 71.4 Å². The summed E-state index contributed by atoms with van der Waals surface area (Å²) in [5, 5.41) is 8.85. The Morgan fingerprint density at radius 2 is 1.53 bits per heavy atom. The minimum absolute atomic E-state index is 0.0875. The zero-order chi connectivity index (χ0) is 12.5. The fourth-order valence-electron chi connectivity index (χ4n) is 0.803. The van der Waals surface area contributed by atoms with Crippen LogP contribution in [0.5, 0.6) is 0 Å². The molecule has 0 aliphatic carbocycles. The molecule has 0 saturated carbocycles. The Kier molecular flexibility index (Phi) is 3.96. The molecule has 0 saturated heterocycles. The number of carbonyl (C=O) groups is 1. The molecule has 0 fully saturated rings. The SMILES string of the molecule is CC(C)(CCS(=O)(=O)C(C)(C)C)C(=O)O. The van der Waals surface area contributed by atoms with Gasteiger partial charge < -0.3 is 5.11 Å². The first-order chi connectivity index (χ1) is 6.40. The van der Waals surface area contributed by atoms with Gasteiger partial charge in [-0.1, -0.05) is 0 Å². The third kappa shape index (κ3) is 3.81. The predicted octanol–water partition coefficient (Wildman–Crippen LogP) is 1.70. The third-order valence-electron chi connectivity index (χ3n) is 2.51. The Morgan fingerprint density at radius 1 is 1.13 bits per heavy atom. The van der Waals surface area contributed by atoms with Gasteiger partial charge in [0.25, 0.3) is 0 Å². The molecule has 90 valence electrons. The number of hydrogen-bond donors (Lipinski definition) is 1. The highest BCUT2D eigenvalue weighted by Gasteiger charge is 2.34. The zero-order valence-corrected chi connectivity index (χ0v) is 10.8. The van der Waals surface area contributed by atoms with Crippen LogP contribution in [0.1, 0.15) is 41.0 Å². The molecule has 0 aliphatic rings. The maximum absolute atomic E-state index is 11.7. The lowest BCUT2D eigenvalue weighted by atomic mass is 9.91. The Morgan fingerprint density at radius 3 is 1.80 bits per heavy atom. The summed E-state index contributed by atoms with van der Waals surface area (Å²) in [4.78, 5) is 10.8. The molecule has 1 N–H and O–H groups in total. The van der Waals surface area contributed by atoms with Gasteiger partial charge in [-0.3, -0.25) is 4.79 Å². The summed E-state index contributed by atoms with van der Waals surface area (Å²) in [6.45, 7) is 7.93. The summed E-state index contributed by atoms with van der Waals surface area (Å²) >= 11 is 0. The molecule has 0 radical (unpaired) electrons. The molecule has 15 heavy (non-hydrogen) atoms. The molecule has 0 bridgehead atoms. The number of carboxylic acid groups (broad SMARTS) is 1. The van der Waals surface area contributed by atoms with Crippen molar-refractivity contribution >= 4 is 15.8 Å². The van der Waals surface area contributed by atoms with Gasteiger partial charge in [0.2, 0.25) is 0 Å². The highest BCUT2D eigenvalue weighted by Crippen LogP contribution is 2.25. The quantitative estimate of drug-likeness (QED) is 0.806. The van der Waals surface area contributed by atoms with Crippen LogP contribution < -0.4 is 0 Å². The van der Waals surface area contributed by atoms with Gasteiger partial charge in [0.1, 0.15) is 0 Å². The normalized spacial score (nSPS) is 13.9. The molecule has 0 unspecified atom stereocenters. The van der Waals surface area contributed by atoms with Crippen molar-refractivity contribution in [3.05, 3.63) is 0 Å². The Hall–Kier alpha value is -0.580. The van der Waals surface area contributed by atoms with Crippen molar-refractivity contribution < 1.29 is 18.3 Å². The molecule has 4 nitrogen and oxygen atoms in total. The van der Waals surface area contributed by atoms with E-state index in [-0.39, 0.29) is 12.2 Å². The third-order valence-corrected chi connectivity index (χ3v) is 5.12. The minimum atomic E-state index is -3.23. The summed E-state index contributed by atoms with van der Waals surface area (Å²) in [6, 6.07) is 0. The van der Waals surface area contributed by atoms with Crippen LogP contribution in [0.4, 0.5) is 0 Å². The van der Waals surface area contributed by atoms with E-state index in [1.165, 1.54) is 13.8 Å². The first-order valence-electron chi connectivity index (χ1n) is 4.86. The average molecular weight is 236 g/mol. The smallest absolute Gasteiger partial charge is 0.309 e. The van der Waals surface area contributed by atoms with Crippen LogP contribution >= 0.6 is 0 Å². The van der Waals surface area contributed by atoms with Gasteiger partial charge in [-0.05, 0) is 41.0 Å². The number of rotatable bonds is 4. The van der Waals surface area contributed by atoms with Crippen molar-refractivity contribution in [3.8, 4) is 0 Å². The largest absolute Gasteiger partial charge is 0.481 e. The molecule has 0 amide bonds. The second-order valence-corrected chi connectivity index (χ2v) is 8.23. The second-order valence-electron chi connectivity index (χ2n) is 5.37. The van der Waals surface area contributed by atoms with Crippen LogP contribution in [-0.2, 0) is 14.6 Å². The van der Waals surface area contributed by atoms with Crippen molar-refractivity contribution in [3.63, 3.8) is 0 Å². The van der Waals surface area contributed by atoms with E-state index < -0.39 is 26.0 Å². The molecule has 0 aliphatic heterocycles. The van der Waals surface area contributed by atoms with Crippen molar-refractivity contribution in [1.29, 1.82) is 0 Å². The van der Waals surface area contributed by atoms with E-state index in [9.17, 15) is 13.2 Å². The second kappa shape index (κ2) is 4.12. The molecule has 0 aromatic rings. The van der Waals surface area contributed by atoms with Crippen LogP contribution in [-0.4, -0.2) is 30.0 Å². The number of sulfone groups is 1. The number of hydrogen-bond acceptors (Lipinski definition) is 3. The molecule has 0 aromatic carbocycles. The molecular weight excluding hydrogens is 216 g/mol. The maximum Gasteiger partial charge on any atom is 0.309 e. The summed E-state index contributed by atoms with van der Waals surface area (Å²) in [6.07, 6.45) is 0.141. The first-order valence-corrected chi connectivity index (χ1v) is 6.51. The predicted molar refractivity (Wildman–Crippen MR) is 59.6 cm³/mol. The van der Waals surface area contributed by atoms with E-state index in [1.54, 1.807) is 20.8 Å². The lowest BCUT2D eigenvalue weighted by Gasteiger charge is -2.23. The van der Waals surface area contributed by atoms with Crippen LogP contribution in [0.2, 0.25) is 0 Å². The lowest BCUT2D eigenvalue weighted by Crippen LogP contribution is -2.34. The summed E-state index contributed by atoms with van der Waals surface area (Å²) in [5.41, 5.74) is -0.988. The van der Waals surface area contributed by atoms with E-state index in [1.807, 2.05) is 0 Å². The number of carboxylic acids is 1. The van der Waals surface area contributed by atoms with Crippen LogP contribution in [0.3, 0.4) is 0 Å². The van der Waals surface area contributed by atoms with E-state index in [4.69, 9.17) is 5.11 Å². The fourth-order valence-corrected chi connectivity index (χ4v) is 2.19. The Labute approximate surface area is 91.6 Å². The van der Waals surface area contributed by atoms with Gasteiger partial charge in [0, 0.05) is 0 Å². The van der Waals surface area contributed by atoms with Crippen molar-refractivity contribution in [1.82, 2.24) is 0 Å². The fraction of sp³-hybridized carbons (Fsp3) is 0.900. The van der Waals surface area contributed by atoms with E-state index in [0.29, 0.717) is 0 Å². The van der Waals surface area contributed by atoms with Crippen LogP contribution in [0.15, 0.2) is 0 Å². The zero-order valence-electron chi connectivity index (χ0n) is 9.99. The molecule has 5 heteroatoms. The summed E-state index contributed by atoms with van der Waals surface area (Å²) < 4.78 is 22.6. The molecule has 0 rings (SSSR count). The highest BCUT2D eigenvalue weighted by molar-refractivity contribution is 7.92. The van der Waals surface area contributed by atoms with E-state index in [2.05, 4.69) is 0 Å². The molecule has 0 heterocycles. The Bertz CT molecular complexity index is 333. The molecule has 0 spiro atoms. The van der Waals surface area contributed by atoms with Crippen LogP contribution in [0, 0.1) is 5.41 Å². The molecule has 0 atom stereocenters. The summed E-state index contributed by atoms with van der Waals surface area (Å²) in [5.74, 6) is -1.05. The van der Waals surface area contributed by atoms with Crippen molar-refractivity contribution in [2.24, 2.45) is 5.41 Å². The van der Waals surface area contributed by atoms with E-state index in [0.717, 1.165) is 0 Å². The minimum Gasteiger partial charge on any atom is -0.481 e.